The number of methoxy groups -OCH3 is 1. The Balaban J connectivity index is 1.63. The molecular formula is C28H34FN5O3. The molecule has 3 aliphatic heterocycles. The molecule has 37 heavy (non-hydrogen) atoms. The standard InChI is InChI=1S/C28H34FN5O3/c1-28(2,3)31-25(35)17-34-26(18-5-7-22(29)24(15-18)37-4)30-23-8-6-20(16-21(23)27(34)36)33-14-13-32-11-9-19(33)10-12-32/h5-8,15-16,19H,9-14,17H2,1-4H3,(H,31,35). The van der Waals surface area contributed by atoms with Crippen molar-refractivity contribution in [2.24, 2.45) is 0 Å². The van der Waals surface area contributed by atoms with Crippen LogP contribution in [-0.4, -0.2) is 65.2 Å². The van der Waals surface area contributed by atoms with Crippen LogP contribution < -0.4 is 20.5 Å². The van der Waals surface area contributed by atoms with E-state index in [0.717, 1.165) is 44.7 Å². The Kier molecular flexibility index (Phi) is 6.66. The molecule has 2 bridgehead atoms. The van der Waals surface area contributed by atoms with Crippen LogP contribution in [0.5, 0.6) is 5.75 Å². The fourth-order valence-corrected chi connectivity index (χ4v) is 5.38. The maximum absolute atomic E-state index is 14.1. The molecule has 0 spiro atoms. The molecule has 0 unspecified atom stereocenters. The van der Waals surface area contributed by atoms with Gasteiger partial charge < -0.3 is 19.9 Å². The molecule has 1 N–H and O–H groups in total. The molecule has 8 nitrogen and oxygen atoms in total. The number of carbonyl (C=O) groups excluding carboxylic acids is 1. The first-order valence-electron chi connectivity index (χ1n) is 12.8. The summed E-state index contributed by atoms with van der Waals surface area (Å²) in [6.45, 7) is 9.59. The summed E-state index contributed by atoms with van der Waals surface area (Å²) in [6, 6.07) is 10.6. The van der Waals surface area contributed by atoms with Gasteiger partial charge in [-0.15, -0.1) is 0 Å². The number of anilines is 1. The van der Waals surface area contributed by atoms with E-state index in [-0.39, 0.29) is 29.6 Å². The van der Waals surface area contributed by atoms with Crippen LogP contribution >= 0.6 is 0 Å². The lowest BCUT2D eigenvalue weighted by atomic mass is 10.0. The van der Waals surface area contributed by atoms with Crippen LogP contribution in [0, 0.1) is 5.82 Å². The highest BCUT2D eigenvalue weighted by Crippen LogP contribution is 2.30. The first kappa shape index (κ1) is 25.2. The van der Waals surface area contributed by atoms with Gasteiger partial charge in [-0.25, -0.2) is 9.37 Å². The Bertz CT molecular complexity index is 1390. The van der Waals surface area contributed by atoms with Crippen molar-refractivity contribution < 1.29 is 13.9 Å². The highest BCUT2D eigenvalue weighted by molar-refractivity contribution is 5.85. The van der Waals surface area contributed by atoms with Crippen LogP contribution in [-0.2, 0) is 11.3 Å². The van der Waals surface area contributed by atoms with Crippen molar-refractivity contribution in [2.45, 2.75) is 51.7 Å². The number of nitrogens with zero attached hydrogens (tertiary/aromatic N) is 4. The lowest BCUT2D eigenvalue weighted by Crippen LogP contribution is -2.43. The van der Waals surface area contributed by atoms with Gasteiger partial charge >= 0.3 is 0 Å². The Morgan fingerprint density at radius 1 is 1.11 bits per heavy atom. The molecule has 3 aromatic rings. The predicted molar refractivity (Wildman–Crippen MR) is 143 cm³/mol. The lowest BCUT2D eigenvalue weighted by Gasteiger charge is -2.33. The molecule has 0 saturated carbocycles. The largest absolute Gasteiger partial charge is 0.494 e. The van der Waals surface area contributed by atoms with Crippen LogP contribution in [0.15, 0.2) is 41.2 Å². The average molecular weight is 508 g/mol. The van der Waals surface area contributed by atoms with Crippen molar-refractivity contribution in [3.8, 4) is 17.1 Å². The number of benzene rings is 2. The third-order valence-corrected chi connectivity index (χ3v) is 7.15. The molecule has 0 radical (unpaired) electrons. The number of carbonyl (C=O) groups is 1. The summed E-state index contributed by atoms with van der Waals surface area (Å²) in [4.78, 5) is 36.5. The second kappa shape index (κ2) is 9.78. The molecule has 3 saturated heterocycles. The molecule has 6 rings (SSSR count). The number of amides is 1. The van der Waals surface area contributed by atoms with Gasteiger partial charge in [-0.3, -0.25) is 14.2 Å². The molecule has 1 aromatic heterocycles. The van der Waals surface area contributed by atoms with Crippen molar-refractivity contribution >= 4 is 22.5 Å². The maximum atomic E-state index is 14.1. The van der Waals surface area contributed by atoms with Gasteiger partial charge in [-0.2, -0.15) is 0 Å². The molecule has 9 heteroatoms. The zero-order valence-electron chi connectivity index (χ0n) is 21.9. The summed E-state index contributed by atoms with van der Waals surface area (Å²) in [5, 5.41) is 3.37. The van der Waals surface area contributed by atoms with E-state index in [1.165, 1.54) is 23.8 Å². The van der Waals surface area contributed by atoms with Gasteiger partial charge in [-0.05, 0) is 70.0 Å². The minimum absolute atomic E-state index is 0.0413. The summed E-state index contributed by atoms with van der Waals surface area (Å²) in [6.07, 6.45) is 2.22. The molecule has 1 amide bonds. The van der Waals surface area contributed by atoms with E-state index in [2.05, 4.69) is 15.1 Å². The van der Waals surface area contributed by atoms with E-state index in [1.54, 1.807) is 6.07 Å². The number of fused-ring (bicyclic) bond motifs is 5. The highest BCUT2D eigenvalue weighted by Gasteiger charge is 2.29. The van der Waals surface area contributed by atoms with E-state index in [4.69, 9.17) is 9.72 Å². The predicted octanol–water partition coefficient (Wildman–Crippen LogP) is 3.41. The molecule has 196 valence electrons. The fraction of sp³-hybridized carbons (Fsp3) is 0.464. The van der Waals surface area contributed by atoms with Crippen molar-refractivity contribution in [3.05, 3.63) is 52.6 Å². The summed E-state index contributed by atoms with van der Waals surface area (Å²) in [5.41, 5.74) is 1.25. The molecule has 4 heterocycles. The van der Waals surface area contributed by atoms with E-state index in [1.807, 2.05) is 39.0 Å². The number of nitrogens with one attached hydrogen (secondary N) is 1. The fourth-order valence-electron chi connectivity index (χ4n) is 5.38. The lowest BCUT2D eigenvalue weighted by molar-refractivity contribution is -0.123. The van der Waals surface area contributed by atoms with Crippen LogP contribution in [0.25, 0.3) is 22.3 Å². The average Bonchev–Trinajstić information content (AvgIpc) is 3.19. The molecule has 3 fully saturated rings. The van der Waals surface area contributed by atoms with Gasteiger partial charge in [0.1, 0.15) is 12.4 Å². The topological polar surface area (TPSA) is 79.7 Å². The van der Waals surface area contributed by atoms with Crippen LogP contribution in [0.2, 0.25) is 0 Å². The Hall–Kier alpha value is -3.46. The molecular weight excluding hydrogens is 473 g/mol. The molecule has 2 aromatic carbocycles. The van der Waals surface area contributed by atoms with Crippen molar-refractivity contribution in [1.82, 2.24) is 19.8 Å². The SMILES string of the molecule is COc1cc(-c2nc3ccc(N4CCN5CCC4CC5)cc3c(=O)n2CC(=O)NC(C)(C)C)ccc1F. The third-order valence-electron chi connectivity index (χ3n) is 7.15. The number of hydrogen-bond acceptors (Lipinski definition) is 6. The van der Waals surface area contributed by atoms with E-state index >= 15 is 0 Å². The highest BCUT2D eigenvalue weighted by atomic mass is 19.1. The number of aromatic nitrogens is 2. The number of hydrogen-bond donors (Lipinski definition) is 1. The van der Waals surface area contributed by atoms with Gasteiger partial charge in [-0.1, -0.05) is 0 Å². The van der Waals surface area contributed by atoms with E-state index in [9.17, 15) is 14.0 Å². The summed E-state index contributed by atoms with van der Waals surface area (Å²) >= 11 is 0. The maximum Gasteiger partial charge on any atom is 0.262 e. The normalized spacial score (nSPS) is 19.6. The third kappa shape index (κ3) is 5.18. The van der Waals surface area contributed by atoms with Crippen LogP contribution in [0.3, 0.4) is 0 Å². The number of piperidine rings is 1. The second-order valence-electron chi connectivity index (χ2n) is 10.9. The van der Waals surface area contributed by atoms with Crippen molar-refractivity contribution in [2.75, 3.05) is 38.2 Å². The quantitative estimate of drug-likeness (QED) is 0.570. The molecule has 3 aliphatic rings. The smallest absolute Gasteiger partial charge is 0.262 e. The Morgan fingerprint density at radius 3 is 2.57 bits per heavy atom. The summed E-state index contributed by atoms with van der Waals surface area (Å²) in [7, 11) is 1.38. The molecule has 0 atom stereocenters. The van der Waals surface area contributed by atoms with Gasteiger partial charge in [0.05, 0.1) is 18.0 Å². The second-order valence-corrected chi connectivity index (χ2v) is 10.9. The van der Waals surface area contributed by atoms with Crippen LogP contribution in [0.1, 0.15) is 33.6 Å². The summed E-state index contributed by atoms with van der Waals surface area (Å²) < 4.78 is 20.7. The first-order valence-corrected chi connectivity index (χ1v) is 12.8. The number of halogens is 1. The van der Waals surface area contributed by atoms with E-state index in [0.29, 0.717) is 22.5 Å². The minimum Gasteiger partial charge on any atom is -0.494 e. The molecule has 0 aliphatic carbocycles. The van der Waals surface area contributed by atoms with Crippen molar-refractivity contribution in [1.29, 1.82) is 0 Å². The minimum atomic E-state index is -0.515. The zero-order chi connectivity index (χ0) is 26.3. The van der Waals surface area contributed by atoms with Gasteiger partial charge in [0.2, 0.25) is 5.91 Å². The van der Waals surface area contributed by atoms with Gasteiger partial charge in [0.25, 0.3) is 5.56 Å². The zero-order valence-corrected chi connectivity index (χ0v) is 21.9. The van der Waals surface area contributed by atoms with Gasteiger partial charge in [0.15, 0.2) is 11.6 Å². The summed E-state index contributed by atoms with van der Waals surface area (Å²) in [5.74, 6) is -0.492. The first-order chi connectivity index (χ1) is 17.6. The monoisotopic (exact) mass is 507 g/mol. The van der Waals surface area contributed by atoms with E-state index < -0.39 is 11.4 Å². The Labute approximate surface area is 216 Å². The number of rotatable bonds is 5. The van der Waals surface area contributed by atoms with Gasteiger partial charge in [0, 0.05) is 49.0 Å². The Morgan fingerprint density at radius 2 is 1.86 bits per heavy atom. The van der Waals surface area contributed by atoms with Crippen molar-refractivity contribution in [3.63, 3.8) is 0 Å². The number of ether oxygens (including phenoxy) is 1. The van der Waals surface area contributed by atoms with Crippen LogP contribution in [0.4, 0.5) is 10.1 Å².